The minimum absolute atomic E-state index is 0.123. The van der Waals surface area contributed by atoms with E-state index in [0.717, 1.165) is 16.7 Å². The molecule has 31 heavy (non-hydrogen) atoms. The topological polar surface area (TPSA) is 66.5 Å². The van der Waals surface area contributed by atoms with Gasteiger partial charge in [0, 0.05) is 11.3 Å². The molecule has 4 rings (SSSR count). The van der Waals surface area contributed by atoms with Crippen molar-refractivity contribution in [2.45, 2.75) is 25.3 Å². The van der Waals surface area contributed by atoms with Crippen LogP contribution in [0.1, 0.15) is 27.0 Å². The number of hydrogen-bond donors (Lipinski definition) is 1. The van der Waals surface area contributed by atoms with Gasteiger partial charge in [-0.15, -0.1) is 0 Å². The quantitative estimate of drug-likeness (QED) is 0.661. The maximum Gasteiger partial charge on any atom is 0.255 e. The van der Waals surface area contributed by atoms with Gasteiger partial charge in [-0.1, -0.05) is 29.8 Å². The predicted octanol–water partition coefficient (Wildman–Crippen LogP) is 4.35. The van der Waals surface area contributed by atoms with Crippen molar-refractivity contribution in [3.63, 3.8) is 0 Å². The van der Waals surface area contributed by atoms with E-state index in [-0.39, 0.29) is 29.9 Å². The van der Waals surface area contributed by atoms with Crippen molar-refractivity contribution in [2.75, 3.05) is 16.0 Å². The number of hydrogen-bond acceptors (Lipinski definition) is 3. The summed E-state index contributed by atoms with van der Waals surface area (Å²) < 4.78 is 25.7. The van der Waals surface area contributed by atoms with Crippen LogP contribution in [0.3, 0.4) is 0 Å². The van der Waals surface area contributed by atoms with Crippen molar-refractivity contribution in [3.8, 4) is 0 Å². The van der Waals surface area contributed by atoms with Gasteiger partial charge in [0.1, 0.15) is 11.6 Å². The maximum absolute atomic E-state index is 13.2. The normalized spacial score (nSPS) is 15.5. The highest BCUT2D eigenvalue weighted by atomic mass is 32.2. The van der Waals surface area contributed by atoms with Gasteiger partial charge < -0.3 is 10.2 Å². The van der Waals surface area contributed by atoms with Gasteiger partial charge in [0.25, 0.3) is 5.91 Å². The fraction of sp³-hybridized carbons (Fsp3) is 0.167. The highest BCUT2D eigenvalue weighted by molar-refractivity contribution is 7.86. The molecule has 158 valence electrons. The van der Waals surface area contributed by atoms with Gasteiger partial charge in [-0.2, -0.15) is 0 Å². The van der Waals surface area contributed by atoms with E-state index in [1.54, 1.807) is 30.3 Å². The summed E-state index contributed by atoms with van der Waals surface area (Å²) in [6.45, 7) is 4.10. The molecule has 0 spiro atoms. The molecule has 1 N–H and O–H groups in total. The molecule has 0 aromatic heterocycles. The summed E-state index contributed by atoms with van der Waals surface area (Å²) in [4.78, 5) is 27.5. The molecule has 1 atom stereocenters. The highest BCUT2D eigenvalue weighted by Crippen LogP contribution is 2.32. The number of carbonyl (C=O) groups is 2. The standard InChI is InChI=1S/C24H21FN2O3S/c1-15-3-9-20(16(2)11-15)26-24(29)18-6-10-22-21(12-18)27(23(28)14-31(22)30)13-17-4-7-19(25)8-5-17/h3-12H,13-14H2,1-2H3,(H,26,29). The summed E-state index contributed by atoms with van der Waals surface area (Å²) in [5, 5.41) is 2.89. The lowest BCUT2D eigenvalue weighted by atomic mass is 10.1. The van der Waals surface area contributed by atoms with Gasteiger partial charge in [-0.05, 0) is 61.4 Å². The molecule has 0 radical (unpaired) electrons. The second-order valence-corrected chi connectivity index (χ2v) is 8.97. The number of halogens is 1. The maximum atomic E-state index is 13.2. The van der Waals surface area contributed by atoms with Crippen molar-refractivity contribution in [1.82, 2.24) is 0 Å². The molecular formula is C24H21FN2O3S. The average Bonchev–Trinajstić information content (AvgIpc) is 2.74. The van der Waals surface area contributed by atoms with Crippen molar-refractivity contribution in [3.05, 3.63) is 88.7 Å². The Hall–Kier alpha value is -3.32. The Kier molecular flexibility index (Phi) is 5.69. The molecule has 1 unspecified atom stereocenters. The number of carbonyl (C=O) groups excluding carboxylic acids is 2. The van der Waals surface area contributed by atoms with Gasteiger partial charge in [-0.3, -0.25) is 13.8 Å². The second-order valence-electron chi connectivity index (χ2n) is 7.55. The molecule has 1 heterocycles. The number of fused-ring (bicyclic) bond motifs is 1. The SMILES string of the molecule is Cc1ccc(NC(=O)c2ccc3c(c2)N(Cc2ccc(F)cc2)C(=O)CS3=O)c(C)c1. The molecule has 0 bridgehead atoms. The number of nitrogens with zero attached hydrogens (tertiary/aromatic N) is 1. The Morgan fingerprint density at radius 3 is 2.52 bits per heavy atom. The van der Waals surface area contributed by atoms with Crippen molar-refractivity contribution in [2.24, 2.45) is 0 Å². The van der Waals surface area contributed by atoms with Crippen molar-refractivity contribution < 1.29 is 18.2 Å². The van der Waals surface area contributed by atoms with Crippen LogP contribution in [0.5, 0.6) is 0 Å². The van der Waals surface area contributed by atoms with Crippen LogP contribution in [0, 0.1) is 19.7 Å². The summed E-state index contributed by atoms with van der Waals surface area (Å²) in [6, 6.07) is 16.4. The first-order valence-corrected chi connectivity index (χ1v) is 11.1. The third kappa shape index (κ3) is 4.41. The largest absolute Gasteiger partial charge is 0.322 e. The van der Waals surface area contributed by atoms with Gasteiger partial charge >= 0.3 is 0 Å². The molecule has 5 nitrogen and oxygen atoms in total. The van der Waals surface area contributed by atoms with Gasteiger partial charge in [-0.25, -0.2) is 4.39 Å². The van der Waals surface area contributed by atoms with E-state index in [9.17, 15) is 18.2 Å². The Morgan fingerprint density at radius 2 is 1.81 bits per heavy atom. The van der Waals surface area contributed by atoms with E-state index in [1.165, 1.54) is 17.0 Å². The third-order valence-corrected chi connectivity index (χ3v) is 6.54. The Bertz CT molecular complexity index is 1210. The fourth-order valence-electron chi connectivity index (χ4n) is 3.56. The minimum atomic E-state index is -1.48. The first-order valence-electron chi connectivity index (χ1n) is 9.77. The fourth-order valence-corrected chi connectivity index (χ4v) is 4.72. The molecule has 2 amide bonds. The first-order chi connectivity index (χ1) is 14.8. The molecule has 1 aliphatic heterocycles. The summed E-state index contributed by atoms with van der Waals surface area (Å²) in [6.07, 6.45) is 0. The molecule has 3 aromatic carbocycles. The number of rotatable bonds is 4. The smallest absolute Gasteiger partial charge is 0.255 e. The first kappa shape index (κ1) is 20.9. The van der Waals surface area contributed by atoms with E-state index < -0.39 is 10.8 Å². The van der Waals surface area contributed by atoms with Gasteiger partial charge in [0.05, 0.1) is 27.9 Å². The molecule has 3 aromatic rings. The van der Waals surface area contributed by atoms with E-state index in [4.69, 9.17) is 0 Å². The lowest BCUT2D eigenvalue weighted by Crippen LogP contribution is -2.38. The van der Waals surface area contributed by atoms with E-state index in [0.29, 0.717) is 21.8 Å². The van der Waals surface area contributed by atoms with Crippen LogP contribution in [-0.2, 0) is 22.1 Å². The van der Waals surface area contributed by atoms with Crippen LogP contribution < -0.4 is 10.2 Å². The van der Waals surface area contributed by atoms with Crippen molar-refractivity contribution >= 4 is 34.0 Å². The van der Waals surface area contributed by atoms with Crippen LogP contribution in [-0.4, -0.2) is 21.8 Å². The number of benzene rings is 3. The number of anilines is 2. The van der Waals surface area contributed by atoms with Crippen LogP contribution in [0.15, 0.2) is 65.6 Å². The summed E-state index contributed by atoms with van der Waals surface area (Å²) in [7, 11) is -1.48. The molecule has 0 saturated heterocycles. The predicted molar refractivity (Wildman–Crippen MR) is 119 cm³/mol. The third-order valence-electron chi connectivity index (χ3n) is 5.20. The Balaban J connectivity index is 1.66. The molecule has 1 aliphatic rings. The Labute approximate surface area is 182 Å². The summed E-state index contributed by atoms with van der Waals surface area (Å²) in [5.74, 6) is -1.11. The zero-order valence-electron chi connectivity index (χ0n) is 17.1. The van der Waals surface area contributed by atoms with E-state index in [1.807, 2.05) is 32.0 Å². The van der Waals surface area contributed by atoms with Gasteiger partial charge in [0.15, 0.2) is 0 Å². The molecule has 7 heteroatoms. The molecule has 0 saturated carbocycles. The average molecular weight is 437 g/mol. The molecular weight excluding hydrogens is 415 g/mol. The number of amides is 2. The van der Waals surface area contributed by atoms with Crippen LogP contribution >= 0.6 is 0 Å². The van der Waals surface area contributed by atoms with Crippen LogP contribution in [0.4, 0.5) is 15.8 Å². The lowest BCUT2D eigenvalue weighted by Gasteiger charge is -2.29. The molecule has 0 fully saturated rings. The van der Waals surface area contributed by atoms with Crippen LogP contribution in [0.2, 0.25) is 0 Å². The lowest BCUT2D eigenvalue weighted by molar-refractivity contribution is -0.116. The monoisotopic (exact) mass is 436 g/mol. The van der Waals surface area contributed by atoms with Crippen molar-refractivity contribution in [1.29, 1.82) is 0 Å². The molecule has 0 aliphatic carbocycles. The minimum Gasteiger partial charge on any atom is -0.322 e. The van der Waals surface area contributed by atoms with Gasteiger partial charge in [0.2, 0.25) is 5.91 Å². The zero-order valence-corrected chi connectivity index (χ0v) is 18.0. The zero-order chi connectivity index (χ0) is 22.1. The Morgan fingerprint density at radius 1 is 1.06 bits per heavy atom. The summed E-state index contributed by atoms with van der Waals surface area (Å²) in [5.41, 5.74) is 4.28. The highest BCUT2D eigenvalue weighted by Gasteiger charge is 2.30. The van der Waals surface area contributed by atoms with Crippen LogP contribution in [0.25, 0.3) is 0 Å². The number of nitrogens with one attached hydrogen (secondary N) is 1. The second kappa shape index (κ2) is 8.43. The summed E-state index contributed by atoms with van der Waals surface area (Å²) >= 11 is 0. The van der Waals surface area contributed by atoms with E-state index >= 15 is 0 Å². The van der Waals surface area contributed by atoms with E-state index in [2.05, 4.69) is 5.32 Å². The number of aryl methyl sites for hydroxylation is 2.